The Hall–Kier alpha value is -2.41. The monoisotopic (exact) mass is 343 g/mol. The second kappa shape index (κ2) is 7.65. The van der Waals surface area contributed by atoms with Crippen LogP contribution in [0.4, 0.5) is 5.82 Å². The van der Waals surface area contributed by atoms with E-state index in [1.807, 2.05) is 44.2 Å². The van der Waals surface area contributed by atoms with E-state index in [1.54, 1.807) is 17.1 Å². The average Bonchev–Trinajstić information content (AvgIpc) is 3.05. The highest BCUT2D eigenvalue weighted by Crippen LogP contribution is 2.33. The van der Waals surface area contributed by atoms with Gasteiger partial charge in [0.2, 0.25) is 5.91 Å². The van der Waals surface area contributed by atoms with Crippen molar-refractivity contribution in [1.29, 1.82) is 0 Å². The van der Waals surface area contributed by atoms with Crippen molar-refractivity contribution in [3.8, 4) is 0 Å². The van der Waals surface area contributed by atoms with Gasteiger partial charge in [-0.2, -0.15) is 5.10 Å². The number of hydrogen-bond donors (Lipinski definition) is 1. The number of anilines is 1. The van der Waals surface area contributed by atoms with Crippen LogP contribution in [0.2, 0.25) is 0 Å². The lowest BCUT2D eigenvalue weighted by atomic mass is 9.91. The predicted molar refractivity (Wildman–Crippen MR) is 95.0 cm³/mol. The summed E-state index contributed by atoms with van der Waals surface area (Å²) in [6.45, 7) is 1.16. The Labute approximate surface area is 148 Å². The van der Waals surface area contributed by atoms with Crippen LogP contribution < -0.4 is 10.2 Å². The van der Waals surface area contributed by atoms with Crippen LogP contribution in [0.25, 0.3) is 0 Å². The van der Waals surface area contributed by atoms with Gasteiger partial charge in [0, 0.05) is 46.7 Å². The van der Waals surface area contributed by atoms with E-state index >= 15 is 0 Å². The Bertz CT molecular complexity index is 728. The smallest absolute Gasteiger partial charge is 0.226 e. The summed E-state index contributed by atoms with van der Waals surface area (Å²) in [7, 11) is 5.77. The fraction of sp³-hybridized carbons (Fsp3) is 0.500. The zero-order valence-corrected chi connectivity index (χ0v) is 15.0. The molecule has 1 amide bonds. The minimum absolute atomic E-state index is 0.0223. The number of aryl methyl sites for hydroxylation is 1. The van der Waals surface area contributed by atoms with Crippen LogP contribution >= 0.6 is 0 Å². The molecule has 134 valence electrons. The molecule has 25 heavy (non-hydrogen) atoms. The molecule has 0 bridgehead atoms. The van der Waals surface area contributed by atoms with Gasteiger partial charge in [0.1, 0.15) is 11.9 Å². The molecule has 1 aliphatic rings. The molecule has 1 aliphatic heterocycles. The molecule has 3 rings (SSSR count). The molecule has 1 saturated heterocycles. The summed E-state index contributed by atoms with van der Waals surface area (Å²) in [4.78, 5) is 19.0. The molecule has 1 fully saturated rings. The van der Waals surface area contributed by atoms with Gasteiger partial charge in [-0.05, 0) is 36.6 Å². The van der Waals surface area contributed by atoms with Crippen LogP contribution in [-0.4, -0.2) is 41.4 Å². The van der Waals surface area contributed by atoms with Crippen molar-refractivity contribution in [3.05, 3.63) is 41.9 Å². The number of rotatable bonds is 5. The van der Waals surface area contributed by atoms with Crippen LogP contribution in [0.3, 0.4) is 0 Å². The van der Waals surface area contributed by atoms with Gasteiger partial charge in [-0.25, -0.2) is 4.98 Å². The van der Waals surface area contributed by atoms with Crippen molar-refractivity contribution < 1.29 is 9.53 Å². The molecule has 0 unspecified atom stereocenters. The zero-order valence-electron chi connectivity index (χ0n) is 15.0. The van der Waals surface area contributed by atoms with Crippen LogP contribution in [0.15, 0.2) is 30.6 Å². The molecular weight excluding hydrogens is 318 g/mol. The average molecular weight is 343 g/mol. The van der Waals surface area contributed by atoms with E-state index in [1.165, 1.54) is 0 Å². The molecule has 7 nitrogen and oxygen atoms in total. The summed E-state index contributed by atoms with van der Waals surface area (Å²) in [6.07, 6.45) is 4.98. The molecule has 2 aromatic rings. The van der Waals surface area contributed by atoms with Crippen LogP contribution in [0.1, 0.15) is 30.2 Å². The van der Waals surface area contributed by atoms with Crippen molar-refractivity contribution in [2.24, 2.45) is 13.0 Å². The van der Waals surface area contributed by atoms with E-state index in [0.717, 1.165) is 29.9 Å². The third-order valence-corrected chi connectivity index (χ3v) is 4.54. The van der Waals surface area contributed by atoms with Gasteiger partial charge in [-0.15, -0.1) is 0 Å². The van der Waals surface area contributed by atoms with Crippen molar-refractivity contribution in [2.75, 3.05) is 25.6 Å². The molecule has 1 N–H and O–H groups in total. The summed E-state index contributed by atoms with van der Waals surface area (Å²) in [6, 6.07) is 5.82. The van der Waals surface area contributed by atoms with Crippen molar-refractivity contribution in [2.45, 2.75) is 25.5 Å². The van der Waals surface area contributed by atoms with E-state index < -0.39 is 0 Å². The second-order valence-corrected chi connectivity index (χ2v) is 6.55. The molecule has 3 heterocycles. The number of hydrogen-bond acceptors (Lipinski definition) is 5. The van der Waals surface area contributed by atoms with Crippen molar-refractivity contribution in [3.63, 3.8) is 0 Å². The van der Waals surface area contributed by atoms with Gasteiger partial charge in [0.25, 0.3) is 0 Å². The SMILES string of the molecule is CN(C)c1cc(CNC(=O)[C@@H]2CCCO[C@H]2c2ccnn2C)ccn1. The molecule has 7 heteroatoms. The number of nitrogens with zero attached hydrogens (tertiary/aromatic N) is 4. The van der Waals surface area contributed by atoms with Crippen LogP contribution in [-0.2, 0) is 23.1 Å². The third kappa shape index (κ3) is 3.99. The lowest BCUT2D eigenvalue weighted by Gasteiger charge is -2.30. The van der Waals surface area contributed by atoms with E-state index in [4.69, 9.17) is 4.74 Å². The number of carbonyl (C=O) groups is 1. The largest absolute Gasteiger partial charge is 0.371 e. The Morgan fingerprint density at radius 2 is 2.24 bits per heavy atom. The van der Waals surface area contributed by atoms with Gasteiger partial charge < -0.3 is 15.0 Å². The van der Waals surface area contributed by atoms with Gasteiger partial charge in [0.05, 0.1) is 11.6 Å². The standard InChI is InChI=1S/C18H25N5O2/c1-22(2)16-11-13(6-8-19-16)12-20-18(24)14-5-4-10-25-17(14)15-7-9-21-23(15)3/h6-9,11,14,17H,4-5,10,12H2,1-3H3,(H,20,24)/t14-,17-/m1/s1. The molecule has 0 radical (unpaired) electrons. The first-order valence-corrected chi connectivity index (χ1v) is 8.55. The maximum atomic E-state index is 12.8. The quantitative estimate of drug-likeness (QED) is 0.894. The lowest BCUT2D eigenvalue weighted by Crippen LogP contribution is -2.37. The minimum Gasteiger partial charge on any atom is -0.371 e. The Morgan fingerprint density at radius 3 is 2.96 bits per heavy atom. The highest BCUT2D eigenvalue weighted by atomic mass is 16.5. The van der Waals surface area contributed by atoms with E-state index in [0.29, 0.717) is 13.2 Å². The molecule has 2 aromatic heterocycles. The van der Waals surface area contributed by atoms with E-state index in [9.17, 15) is 4.79 Å². The number of aromatic nitrogens is 3. The number of amides is 1. The number of nitrogens with one attached hydrogen (secondary N) is 1. The maximum Gasteiger partial charge on any atom is 0.226 e. The minimum atomic E-state index is -0.240. The molecule has 0 aromatic carbocycles. The normalized spacial score (nSPS) is 20.3. The Morgan fingerprint density at radius 1 is 1.40 bits per heavy atom. The van der Waals surface area contributed by atoms with Crippen LogP contribution in [0, 0.1) is 5.92 Å². The van der Waals surface area contributed by atoms with Gasteiger partial charge in [-0.1, -0.05) is 0 Å². The van der Waals surface area contributed by atoms with Crippen molar-refractivity contribution >= 4 is 11.7 Å². The Kier molecular flexibility index (Phi) is 5.33. The number of ether oxygens (including phenoxy) is 1. The van der Waals surface area contributed by atoms with E-state index in [-0.39, 0.29) is 17.9 Å². The predicted octanol–water partition coefficient (Wildman–Crippen LogP) is 1.67. The maximum absolute atomic E-state index is 12.8. The summed E-state index contributed by atoms with van der Waals surface area (Å²) >= 11 is 0. The molecular formula is C18H25N5O2. The molecule has 0 spiro atoms. The number of pyridine rings is 1. The molecule has 0 saturated carbocycles. The summed E-state index contributed by atoms with van der Waals surface area (Å²) in [5, 5.41) is 7.25. The topological polar surface area (TPSA) is 72.3 Å². The molecule has 2 atom stereocenters. The fourth-order valence-electron chi connectivity index (χ4n) is 3.14. The van der Waals surface area contributed by atoms with Crippen LogP contribution in [0.5, 0.6) is 0 Å². The fourth-order valence-corrected chi connectivity index (χ4v) is 3.14. The zero-order chi connectivity index (χ0) is 17.8. The highest BCUT2D eigenvalue weighted by molar-refractivity contribution is 5.79. The van der Waals surface area contributed by atoms with E-state index in [2.05, 4.69) is 15.4 Å². The summed E-state index contributed by atoms with van der Waals surface area (Å²) in [5.74, 6) is 0.703. The lowest BCUT2D eigenvalue weighted by molar-refractivity contribution is -0.135. The first kappa shape index (κ1) is 17.4. The molecule has 0 aliphatic carbocycles. The highest BCUT2D eigenvalue weighted by Gasteiger charge is 2.34. The third-order valence-electron chi connectivity index (χ3n) is 4.54. The van der Waals surface area contributed by atoms with Gasteiger partial charge in [0.15, 0.2) is 0 Å². The van der Waals surface area contributed by atoms with Crippen molar-refractivity contribution in [1.82, 2.24) is 20.1 Å². The Balaban J connectivity index is 1.67. The number of carbonyl (C=O) groups excluding carboxylic acids is 1. The first-order valence-electron chi connectivity index (χ1n) is 8.55. The first-order chi connectivity index (χ1) is 12.1. The summed E-state index contributed by atoms with van der Waals surface area (Å²) in [5.41, 5.74) is 1.97. The summed E-state index contributed by atoms with van der Waals surface area (Å²) < 4.78 is 7.68. The van der Waals surface area contributed by atoms with Gasteiger partial charge in [-0.3, -0.25) is 9.48 Å². The van der Waals surface area contributed by atoms with Gasteiger partial charge >= 0.3 is 0 Å². The second-order valence-electron chi connectivity index (χ2n) is 6.55.